The van der Waals surface area contributed by atoms with Crippen LogP contribution in [0.1, 0.15) is 36.1 Å². The standard InChI is InChI=1S/C18H21N5O2/c1-25-13-16-21-17-15(10-6-12-23(17)22-16)20-18(24)19-11-5-9-14-7-3-2-4-8-14/h2-4,7-8,15H,6,10-13H2,1H3,(H2,19,20,24)/t15-/m0/s1. The van der Waals surface area contributed by atoms with Gasteiger partial charge in [0.1, 0.15) is 12.4 Å². The molecular formula is C18H21N5O2. The van der Waals surface area contributed by atoms with Crippen molar-refractivity contribution in [3.63, 3.8) is 0 Å². The summed E-state index contributed by atoms with van der Waals surface area (Å²) in [6, 6.07) is 9.27. The molecule has 7 nitrogen and oxygen atoms in total. The van der Waals surface area contributed by atoms with Crippen LogP contribution in [0.5, 0.6) is 0 Å². The van der Waals surface area contributed by atoms with Crippen molar-refractivity contribution in [3.05, 3.63) is 47.5 Å². The highest BCUT2D eigenvalue weighted by Crippen LogP contribution is 2.23. The van der Waals surface area contributed by atoms with Gasteiger partial charge in [-0.25, -0.2) is 14.5 Å². The van der Waals surface area contributed by atoms with E-state index in [2.05, 4.69) is 32.6 Å². The van der Waals surface area contributed by atoms with Gasteiger partial charge in [0.05, 0.1) is 12.6 Å². The summed E-state index contributed by atoms with van der Waals surface area (Å²) in [5.74, 6) is 7.36. The van der Waals surface area contributed by atoms with E-state index in [0.29, 0.717) is 12.4 Å². The van der Waals surface area contributed by atoms with E-state index >= 15 is 0 Å². The monoisotopic (exact) mass is 339 g/mol. The number of carbonyl (C=O) groups excluding carboxylic acids is 1. The van der Waals surface area contributed by atoms with Gasteiger partial charge in [0, 0.05) is 19.2 Å². The summed E-state index contributed by atoms with van der Waals surface area (Å²) in [6.07, 6.45) is 1.79. The van der Waals surface area contributed by atoms with Crippen LogP contribution in [0, 0.1) is 11.8 Å². The number of hydrogen-bond acceptors (Lipinski definition) is 4. The Morgan fingerprint density at radius 3 is 3.04 bits per heavy atom. The summed E-state index contributed by atoms with van der Waals surface area (Å²) in [5.41, 5.74) is 0.927. The van der Waals surface area contributed by atoms with Crippen molar-refractivity contribution in [2.45, 2.75) is 32.0 Å². The van der Waals surface area contributed by atoms with Crippen molar-refractivity contribution in [2.75, 3.05) is 13.7 Å². The normalized spacial score (nSPS) is 15.6. The van der Waals surface area contributed by atoms with Crippen molar-refractivity contribution in [1.82, 2.24) is 25.4 Å². The molecule has 0 aliphatic carbocycles. The van der Waals surface area contributed by atoms with Gasteiger partial charge in [-0.3, -0.25) is 0 Å². The minimum atomic E-state index is -0.253. The highest BCUT2D eigenvalue weighted by Gasteiger charge is 2.25. The van der Waals surface area contributed by atoms with E-state index in [1.807, 2.05) is 35.0 Å². The molecule has 130 valence electrons. The Balaban J connectivity index is 1.53. The predicted octanol–water partition coefficient (Wildman–Crippen LogP) is 1.61. The molecule has 25 heavy (non-hydrogen) atoms. The van der Waals surface area contributed by atoms with Crippen LogP contribution in [0.3, 0.4) is 0 Å². The zero-order valence-electron chi connectivity index (χ0n) is 14.2. The molecule has 0 saturated heterocycles. The Labute approximate surface area is 146 Å². The molecule has 0 radical (unpaired) electrons. The number of hydrogen-bond donors (Lipinski definition) is 2. The highest BCUT2D eigenvalue weighted by molar-refractivity contribution is 5.74. The summed E-state index contributed by atoms with van der Waals surface area (Å²) in [7, 11) is 1.61. The molecule has 0 fully saturated rings. The van der Waals surface area contributed by atoms with Crippen LogP contribution >= 0.6 is 0 Å². The topological polar surface area (TPSA) is 81.1 Å². The van der Waals surface area contributed by atoms with E-state index in [4.69, 9.17) is 4.74 Å². The van der Waals surface area contributed by atoms with Crippen molar-refractivity contribution < 1.29 is 9.53 Å². The third kappa shape index (κ3) is 4.58. The fraction of sp³-hybridized carbons (Fsp3) is 0.389. The van der Waals surface area contributed by atoms with Gasteiger partial charge in [0.15, 0.2) is 5.82 Å². The van der Waals surface area contributed by atoms with Crippen LogP contribution in [-0.2, 0) is 17.9 Å². The Bertz CT molecular complexity index is 776. The predicted molar refractivity (Wildman–Crippen MR) is 92.6 cm³/mol. The molecular weight excluding hydrogens is 318 g/mol. The number of fused-ring (bicyclic) bond motifs is 1. The Morgan fingerprint density at radius 1 is 1.40 bits per heavy atom. The quantitative estimate of drug-likeness (QED) is 0.829. The number of benzene rings is 1. The van der Waals surface area contributed by atoms with Gasteiger partial charge in [0.2, 0.25) is 0 Å². The number of rotatable bonds is 4. The van der Waals surface area contributed by atoms with E-state index in [1.165, 1.54) is 0 Å². The van der Waals surface area contributed by atoms with Crippen molar-refractivity contribution in [1.29, 1.82) is 0 Å². The van der Waals surface area contributed by atoms with Crippen LogP contribution in [-0.4, -0.2) is 34.5 Å². The van der Waals surface area contributed by atoms with Gasteiger partial charge in [-0.2, -0.15) is 5.10 Å². The molecule has 2 N–H and O–H groups in total. The minimum absolute atomic E-state index is 0.145. The zero-order valence-corrected chi connectivity index (χ0v) is 14.2. The molecule has 3 rings (SSSR count). The molecule has 1 aromatic heterocycles. The fourth-order valence-electron chi connectivity index (χ4n) is 2.73. The number of urea groups is 1. The van der Waals surface area contributed by atoms with Gasteiger partial charge >= 0.3 is 6.03 Å². The molecule has 1 aliphatic heterocycles. The molecule has 1 atom stereocenters. The summed E-state index contributed by atoms with van der Waals surface area (Å²) < 4.78 is 6.92. The zero-order chi connectivity index (χ0) is 17.5. The molecule has 2 heterocycles. The second kappa shape index (κ2) is 8.31. The first-order chi connectivity index (χ1) is 12.3. The average Bonchev–Trinajstić information content (AvgIpc) is 3.04. The van der Waals surface area contributed by atoms with Crippen LogP contribution in [0.15, 0.2) is 30.3 Å². The van der Waals surface area contributed by atoms with E-state index in [0.717, 1.165) is 30.8 Å². The Morgan fingerprint density at radius 2 is 2.24 bits per heavy atom. The second-order valence-electron chi connectivity index (χ2n) is 5.73. The molecule has 1 aliphatic rings. The lowest BCUT2D eigenvalue weighted by atomic mass is 10.1. The number of methoxy groups -OCH3 is 1. The summed E-state index contributed by atoms with van der Waals surface area (Å²) in [4.78, 5) is 16.6. The first kappa shape index (κ1) is 17.0. The van der Waals surface area contributed by atoms with Gasteiger partial charge in [-0.05, 0) is 25.0 Å². The summed E-state index contributed by atoms with van der Waals surface area (Å²) in [5, 5.41) is 10.1. The number of aryl methyl sites for hydroxylation is 1. The molecule has 1 aromatic carbocycles. The number of carbonyl (C=O) groups is 1. The van der Waals surface area contributed by atoms with Gasteiger partial charge in [-0.1, -0.05) is 30.0 Å². The molecule has 0 unspecified atom stereocenters. The first-order valence-electron chi connectivity index (χ1n) is 8.27. The molecule has 7 heteroatoms. The lowest BCUT2D eigenvalue weighted by Gasteiger charge is -2.22. The van der Waals surface area contributed by atoms with Crippen LogP contribution in [0.2, 0.25) is 0 Å². The maximum Gasteiger partial charge on any atom is 0.316 e. The van der Waals surface area contributed by atoms with E-state index in [-0.39, 0.29) is 18.6 Å². The molecule has 2 amide bonds. The van der Waals surface area contributed by atoms with E-state index in [9.17, 15) is 4.79 Å². The van der Waals surface area contributed by atoms with E-state index < -0.39 is 0 Å². The smallest absolute Gasteiger partial charge is 0.316 e. The van der Waals surface area contributed by atoms with Crippen LogP contribution in [0.25, 0.3) is 0 Å². The molecule has 0 spiro atoms. The number of amides is 2. The van der Waals surface area contributed by atoms with Gasteiger partial charge < -0.3 is 15.4 Å². The lowest BCUT2D eigenvalue weighted by Crippen LogP contribution is -2.40. The Kier molecular flexibility index (Phi) is 5.65. The fourth-order valence-corrected chi connectivity index (χ4v) is 2.73. The van der Waals surface area contributed by atoms with Crippen LogP contribution < -0.4 is 10.6 Å². The molecule has 2 aromatic rings. The maximum atomic E-state index is 12.1. The molecule has 0 bridgehead atoms. The van der Waals surface area contributed by atoms with E-state index in [1.54, 1.807) is 7.11 Å². The minimum Gasteiger partial charge on any atom is -0.377 e. The number of nitrogens with one attached hydrogen (secondary N) is 2. The first-order valence-corrected chi connectivity index (χ1v) is 8.27. The third-order valence-corrected chi connectivity index (χ3v) is 3.84. The van der Waals surface area contributed by atoms with Gasteiger partial charge in [-0.15, -0.1) is 0 Å². The van der Waals surface area contributed by atoms with Crippen LogP contribution in [0.4, 0.5) is 4.79 Å². The summed E-state index contributed by atoms with van der Waals surface area (Å²) >= 11 is 0. The number of nitrogens with zero attached hydrogens (tertiary/aromatic N) is 3. The average molecular weight is 339 g/mol. The van der Waals surface area contributed by atoms with Crippen molar-refractivity contribution in [3.8, 4) is 11.8 Å². The summed E-state index contributed by atoms with van der Waals surface area (Å²) in [6.45, 7) is 1.47. The lowest BCUT2D eigenvalue weighted by molar-refractivity contribution is 0.177. The largest absolute Gasteiger partial charge is 0.377 e. The third-order valence-electron chi connectivity index (χ3n) is 3.84. The maximum absolute atomic E-state index is 12.1. The Hall–Kier alpha value is -2.85. The SMILES string of the molecule is COCc1nc2n(n1)CCC[C@@H]2NC(=O)NCC#Cc1ccccc1. The highest BCUT2D eigenvalue weighted by atomic mass is 16.5. The molecule has 0 saturated carbocycles. The van der Waals surface area contributed by atoms with Crippen molar-refractivity contribution in [2.24, 2.45) is 0 Å². The second-order valence-corrected chi connectivity index (χ2v) is 5.73. The van der Waals surface area contributed by atoms with Crippen molar-refractivity contribution >= 4 is 6.03 Å². The number of aromatic nitrogens is 3. The van der Waals surface area contributed by atoms with Gasteiger partial charge in [0.25, 0.3) is 0 Å². The number of ether oxygens (including phenoxy) is 1.